The summed E-state index contributed by atoms with van der Waals surface area (Å²) in [5.74, 6) is 0. The number of nitrogens with two attached hydrogens (primary N) is 1. The van der Waals surface area contributed by atoms with Crippen LogP contribution in [0.5, 0.6) is 0 Å². The lowest BCUT2D eigenvalue weighted by Gasteiger charge is -2.01. The van der Waals surface area contributed by atoms with E-state index >= 15 is 0 Å². The second kappa shape index (κ2) is 4.46. The third-order valence-corrected chi connectivity index (χ3v) is 4.04. The van der Waals surface area contributed by atoms with Gasteiger partial charge in [-0.05, 0) is 18.2 Å². The predicted molar refractivity (Wildman–Crippen MR) is 71.6 cm³/mol. The quantitative estimate of drug-likeness (QED) is 0.854. The van der Waals surface area contributed by atoms with E-state index in [9.17, 15) is 0 Å². The van der Waals surface area contributed by atoms with Crippen LogP contribution in [0.15, 0.2) is 28.7 Å². The second-order valence-corrected chi connectivity index (χ2v) is 5.47. The van der Waals surface area contributed by atoms with E-state index in [1.54, 1.807) is 6.07 Å². The Hall–Kier alpha value is -1.02. The number of nitriles is 1. The largest absolute Gasteiger partial charge is 0.397 e. The molecule has 0 atom stereocenters. The molecule has 2 aromatic rings. The van der Waals surface area contributed by atoms with Crippen LogP contribution in [-0.4, -0.2) is 0 Å². The van der Waals surface area contributed by atoms with Crippen LogP contribution < -0.4 is 5.73 Å². The molecular weight excluding hydrogens is 308 g/mol. The molecule has 2 N–H and O–H groups in total. The Balaban J connectivity index is 2.55. The maximum absolute atomic E-state index is 8.84. The van der Waals surface area contributed by atoms with Crippen molar-refractivity contribution in [1.82, 2.24) is 0 Å². The summed E-state index contributed by atoms with van der Waals surface area (Å²) in [7, 11) is 0. The van der Waals surface area contributed by atoms with E-state index in [0.717, 1.165) is 14.9 Å². The highest BCUT2D eigenvalue weighted by Crippen LogP contribution is 2.37. The summed E-state index contributed by atoms with van der Waals surface area (Å²) in [4.78, 5) is 1.49. The molecule has 0 spiro atoms. The lowest BCUT2D eigenvalue weighted by Crippen LogP contribution is -1.81. The zero-order valence-electron chi connectivity index (χ0n) is 8.00. The number of hydrogen-bond donors (Lipinski definition) is 1. The van der Waals surface area contributed by atoms with Crippen LogP contribution in [0.1, 0.15) is 4.88 Å². The van der Waals surface area contributed by atoms with Crippen molar-refractivity contribution in [3.63, 3.8) is 0 Å². The molecular formula is C11H6BrClN2S. The van der Waals surface area contributed by atoms with Gasteiger partial charge >= 0.3 is 0 Å². The standard InChI is InChI=1S/C11H6BrClN2S/c12-8-3-6(13)1-2-7(8)10-4-9(15)11(5-14)16-10/h1-4H,15H2. The Labute approximate surface area is 110 Å². The number of thiophene rings is 1. The van der Waals surface area contributed by atoms with Crippen molar-refractivity contribution < 1.29 is 0 Å². The molecule has 0 aliphatic rings. The van der Waals surface area contributed by atoms with Crippen LogP contribution in [0, 0.1) is 11.3 Å². The minimum Gasteiger partial charge on any atom is -0.397 e. The molecule has 1 aromatic carbocycles. The summed E-state index contributed by atoms with van der Waals surface area (Å²) in [5.41, 5.74) is 7.22. The van der Waals surface area contributed by atoms with Gasteiger partial charge < -0.3 is 5.73 Å². The van der Waals surface area contributed by atoms with Crippen LogP contribution in [0.3, 0.4) is 0 Å². The summed E-state index contributed by atoms with van der Waals surface area (Å²) in [6.45, 7) is 0. The lowest BCUT2D eigenvalue weighted by molar-refractivity contribution is 1.52. The van der Waals surface area contributed by atoms with Gasteiger partial charge in [0, 0.05) is 19.9 Å². The van der Waals surface area contributed by atoms with Gasteiger partial charge in [-0.1, -0.05) is 33.6 Å². The third-order valence-electron chi connectivity index (χ3n) is 2.06. The molecule has 16 heavy (non-hydrogen) atoms. The average Bonchev–Trinajstić information content (AvgIpc) is 2.59. The van der Waals surface area contributed by atoms with Gasteiger partial charge in [0.15, 0.2) is 0 Å². The number of anilines is 1. The third kappa shape index (κ3) is 2.07. The van der Waals surface area contributed by atoms with Gasteiger partial charge in [0.2, 0.25) is 0 Å². The van der Waals surface area contributed by atoms with Crippen molar-refractivity contribution in [2.24, 2.45) is 0 Å². The SMILES string of the molecule is N#Cc1sc(-c2ccc(Cl)cc2Br)cc1N. The molecule has 2 rings (SSSR count). The summed E-state index contributed by atoms with van der Waals surface area (Å²) in [5, 5.41) is 9.51. The number of nitrogens with zero attached hydrogens (tertiary/aromatic N) is 1. The fraction of sp³-hybridized carbons (Fsp3) is 0. The molecule has 80 valence electrons. The van der Waals surface area contributed by atoms with Crippen molar-refractivity contribution in [3.05, 3.63) is 38.6 Å². The van der Waals surface area contributed by atoms with E-state index in [2.05, 4.69) is 22.0 Å². The minimum absolute atomic E-state index is 0.518. The number of benzene rings is 1. The first-order chi connectivity index (χ1) is 7.61. The summed E-state index contributed by atoms with van der Waals surface area (Å²) < 4.78 is 0.894. The molecule has 0 bridgehead atoms. The molecule has 1 aromatic heterocycles. The van der Waals surface area contributed by atoms with Crippen molar-refractivity contribution in [3.8, 4) is 16.5 Å². The van der Waals surface area contributed by atoms with Crippen LogP contribution in [0.25, 0.3) is 10.4 Å². The monoisotopic (exact) mass is 312 g/mol. The van der Waals surface area contributed by atoms with E-state index in [1.165, 1.54) is 11.3 Å². The van der Waals surface area contributed by atoms with E-state index in [4.69, 9.17) is 22.6 Å². The van der Waals surface area contributed by atoms with Crippen molar-refractivity contribution in [2.45, 2.75) is 0 Å². The summed E-state index contributed by atoms with van der Waals surface area (Å²) in [6, 6.07) is 9.40. The minimum atomic E-state index is 0.518. The van der Waals surface area contributed by atoms with Gasteiger partial charge in [-0.25, -0.2) is 0 Å². The molecule has 2 nitrogen and oxygen atoms in total. The highest BCUT2D eigenvalue weighted by Gasteiger charge is 2.10. The first-order valence-electron chi connectivity index (χ1n) is 4.36. The maximum Gasteiger partial charge on any atom is 0.128 e. The molecule has 0 fully saturated rings. The smallest absolute Gasteiger partial charge is 0.128 e. The van der Waals surface area contributed by atoms with Gasteiger partial charge in [-0.15, -0.1) is 11.3 Å². The summed E-state index contributed by atoms with van der Waals surface area (Å²) >= 11 is 10.7. The number of nitrogen functional groups attached to an aromatic ring is 1. The van der Waals surface area contributed by atoms with Gasteiger partial charge in [-0.2, -0.15) is 5.26 Å². The normalized spacial score (nSPS) is 10.1. The average molecular weight is 314 g/mol. The predicted octanol–water partition coefficient (Wildman–Crippen LogP) is 4.28. The van der Waals surface area contributed by atoms with Crippen molar-refractivity contribution in [2.75, 3.05) is 5.73 Å². The van der Waals surface area contributed by atoms with Gasteiger partial charge in [0.25, 0.3) is 0 Å². The number of rotatable bonds is 1. The van der Waals surface area contributed by atoms with Crippen molar-refractivity contribution >= 4 is 44.6 Å². The second-order valence-electron chi connectivity index (χ2n) is 3.13. The Bertz CT molecular complexity index is 586. The Kier molecular flexibility index (Phi) is 3.20. The van der Waals surface area contributed by atoms with Gasteiger partial charge in [-0.3, -0.25) is 0 Å². The van der Waals surface area contributed by atoms with Gasteiger partial charge in [0.1, 0.15) is 10.9 Å². The maximum atomic E-state index is 8.84. The molecule has 0 unspecified atom stereocenters. The molecule has 0 saturated heterocycles. The van der Waals surface area contributed by atoms with Crippen LogP contribution in [0.2, 0.25) is 5.02 Å². The first-order valence-corrected chi connectivity index (χ1v) is 6.35. The van der Waals surface area contributed by atoms with Crippen LogP contribution >= 0.6 is 38.9 Å². The van der Waals surface area contributed by atoms with E-state index in [1.807, 2.05) is 18.2 Å². The topological polar surface area (TPSA) is 49.8 Å². The van der Waals surface area contributed by atoms with Gasteiger partial charge in [0.05, 0.1) is 5.69 Å². The number of hydrogen-bond acceptors (Lipinski definition) is 3. The zero-order chi connectivity index (χ0) is 11.7. The molecule has 0 aliphatic carbocycles. The fourth-order valence-corrected chi connectivity index (χ4v) is 3.26. The Morgan fingerprint density at radius 2 is 2.12 bits per heavy atom. The molecule has 5 heteroatoms. The molecule has 0 aliphatic heterocycles. The summed E-state index contributed by atoms with van der Waals surface area (Å²) in [6.07, 6.45) is 0. The highest BCUT2D eigenvalue weighted by molar-refractivity contribution is 9.10. The van der Waals surface area contributed by atoms with E-state index < -0.39 is 0 Å². The molecule has 0 amide bonds. The molecule has 0 saturated carbocycles. The van der Waals surface area contributed by atoms with E-state index in [-0.39, 0.29) is 0 Å². The van der Waals surface area contributed by atoms with Crippen LogP contribution in [0.4, 0.5) is 5.69 Å². The number of halogens is 2. The highest BCUT2D eigenvalue weighted by atomic mass is 79.9. The first kappa shape index (κ1) is 11.5. The van der Waals surface area contributed by atoms with Crippen molar-refractivity contribution in [1.29, 1.82) is 5.26 Å². The lowest BCUT2D eigenvalue weighted by atomic mass is 10.2. The molecule has 1 heterocycles. The van der Waals surface area contributed by atoms with Crippen LogP contribution in [-0.2, 0) is 0 Å². The molecule has 0 radical (unpaired) electrons. The Morgan fingerprint density at radius 3 is 2.69 bits per heavy atom. The van der Waals surface area contributed by atoms with E-state index in [0.29, 0.717) is 15.6 Å². The zero-order valence-corrected chi connectivity index (χ0v) is 11.2. The Morgan fingerprint density at radius 1 is 1.38 bits per heavy atom. The fourth-order valence-electron chi connectivity index (χ4n) is 1.31.